The Balaban J connectivity index is 1.56. The van der Waals surface area contributed by atoms with Gasteiger partial charge in [0, 0.05) is 17.0 Å². The molecule has 6 atom stereocenters. The summed E-state index contributed by atoms with van der Waals surface area (Å²) in [7, 11) is 0. The predicted molar refractivity (Wildman–Crippen MR) is 146 cm³/mol. The van der Waals surface area contributed by atoms with E-state index in [-0.39, 0.29) is 41.7 Å². The van der Waals surface area contributed by atoms with Crippen LogP contribution in [0.3, 0.4) is 0 Å². The number of hydrogen-bond acceptors (Lipinski definition) is 5. The molecule has 1 N–H and O–H groups in total. The highest BCUT2D eigenvalue weighted by Gasteiger charge is 2.77. The number of fused-ring (bicyclic) bond motifs is 4. The van der Waals surface area contributed by atoms with Crippen LogP contribution in [0, 0.1) is 23.6 Å². The quantitative estimate of drug-likeness (QED) is 0.308. The summed E-state index contributed by atoms with van der Waals surface area (Å²) in [6, 6.07) is 11.2. The van der Waals surface area contributed by atoms with E-state index < -0.39 is 56.6 Å². The van der Waals surface area contributed by atoms with Crippen molar-refractivity contribution in [2.45, 2.75) is 54.8 Å². The van der Waals surface area contributed by atoms with Crippen LogP contribution >= 0.6 is 23.2 Å². The first kappa shape index (κ1) is 27.0. The fraction of sp³-hybridized carbons (Fsp3) is 0.400. The Morgan fingerprint density at radius 2 is 1.57 bits per heavy atom. The van der Waals surface area contributed by atoms with Crippen molar-refractivity contribution in [1.29, 1.82) is 0 Å². The molecule has 1 saturated carbocycles. The Bertz CT molecular complexity index is 1520. The average molecular weight is 585 g/mol. The maximum absolute atomic E-state index is 14.2. The normalized spacial score (nSPS) is 33.6. The van der Waals surface area contributed by atoms with E-state index in [1.165, 1.54) is 23.1 Å². The Hall–Kier alpha value is -3.23. The van der Waals surface area contributed by atoms with Gasteiger partial charge in [0.2, 0.25) is 11.8 Å². The van der Waals surface area contributed by atoms with Crippen LogP contribution in [0.5, 0.6) is 5.75 Å². The Kier molecular flexibility index (Phi) is 5.82. The number of para-hydroxylation sites is 1. The molecule has 0 bridgehead atoms. The van der Waals surface area contributed by atoms with E-state index >= 15 is 0 Å². The van der Waals surface area contributed by atoms with Gasteiger partial charge in [0.15, 0.2) is 9.75 Å². The number of carbonyl (C=O) groups is 4. The van der Waals surface area contributed by atoms with Crippen LogP contribution in [0.2, 0.25) is 0 Å². The molecule has 2 aliphatic carbocycles. The smallest absolute Gasteiger partial charge is 0.258 e. The minimum atomic E-state index is -2.08. The number of aromatic hydroxyl groups is 1. The summed E-state index contributed by atoms with van der Waals surface area (Å²) in [6.45, 7) is 5.35. The van der Waals surface area contributed by atoms with Crippen LogP contribution < -0.4 is 4.90 Å². The van der Waals surface area contributed by atoms with E-state index in [1.54, 1.807) is 39.0 Å². The third kappa shape index (κ3) is 3.35. The standard InChI is InChI=1S/C30H27Cl2FN2O5/c1-28(2,3)35-24(37)19-13-12-17-20(22(19)25(35)38)14-29(31)26(39)34(16-10-8-15(33)9-11-16)27(40)30(29,32)23(17)18-6-4-5-7-21(18)36/h4-12,19-20,22-23,36H,13-14H2,1-3H3/t19-,20+,22-,23+,29+,30-/m0/s1. The second-order valence-electron chi connectivity index (χ2n) is 12.0. The van der Waals surface area contributed by atoms with Crippen molar-refractivity contribution in [3.63, 3.8) is 0 Å². The number of phenolic OH excluding ortho intramolecular Hbond substituents is 1. The van der Waals surface area contributed by atoms with Gasteiger partial charge in [-0.2, -0.15) is 0 Å². The first-order valence-corrected chi connectivity index (χ1v) is 13.9. The average Bonchev–Trinajstić information content (AvgIpc) is 3.24. The topological polar surface area (TPSA) is 95.0 Å². The van der Waals surface area contributed by atoms with Gasteiger partial charge in [-0.25, -0.2) is 9.29 Å². The van der Waals surface area contributed by atoms with Gasteiger partial charge in [-0.1, -0.05) is 29.8 Å². The summed E-state index contributed by atoms with van der Waals surface area (Å²) in [5, 5.41) is 11.0. The van der Waals surface area contributed by atoms with E-state index in [0.717, 1.165) is 17.0 Å². The highest BCUT2D eigenvalue weighted by atomic mass is 35.5. The van der Waals surface area contributed by atoms with Gasteiger partial charge in [-0.3, -0.25) is 24.1 Å². The van der Waals surface area contributed by atoms with E-state index in [1.807, 2.05) is 6.08 Å². The molecule has 40 heavy (non-hydrogen) atoms. The van der Waals surface area contributed by atoms with Gasteiger partial charge in [0.05, 0.1) is 17.5 Å². The van der Waals surface area contributed by atoms with Gasteiger partial charge in [0.1, 0.15) is 11.6 Å². The fourth-order valence-corrected chi connectivity index (χ4v) is 8.06. The summed E-state index contributed by atoms with van der Waals surface area (Å²) >= 11 is 14.5. The number of carbonyl (C=O) groups excluding carboxylic acids is 4. The molecule has 2 aromatic rings. The second-order valence-corrected chi connectivity index (χ2v) is 13.2. The maximum Gasteiger partial charge on any atom is 0.258 e. The van der Waals surface area contributed by atoms with E-state index in [9.17, 15) is 28.7 Å². The first-order valence-electron chi connectivity index (χ1n) is 13.1. The number of hydrogen-bond donors (Lipinski definition) is 1. The molecule has 6 rings (SSSR count). The van der Waals surface area contributed by atoms with Crippen LogP contribution in [0.1, 0.15) is 45.1 Å². The van der Waals surface area contributed by atoms with Crippen molar-refractivity contribution >= 4 is 52.5 Å². The highest BCUT2D eigenvalue weighted by Crippen LogP contribution is 2.66. The number of likely N-dealkylation sites (tertiary alicyclic amines) is 1. The van der Waals surface area contributed by atoms with Crippen LogP contribution in [0.25, 0.3) is 0 Å². The SMILES string of the molecule is CC(C)(C)N1C(=O)[C@H]2[C@H](CC=C3[C@H]2C[C@@]2(Cl)C(=O)N(c4ccc(F)cc4)C(=O)[C@@]2(Cl)[C@H]3c2ccccc2O)C1=O. The molecule has 4 amide bonds. The lowest BCUT2D eigenvalue weighted by molar-refractivity contribution is -0.145. The lowest BCUT2D eigenvalue weighted by Crippen LogP contribution is -2.60. The number of rotatable bonds is 2. The minimum absolute atomic E-state index is 0.0998. The lowest BCUT2D eigenvalue weighted by atomic mass is 9.56. The number of nitrogens with zero attached hydrogens (tertiary/aromatic N) is 2. The molecular formula is C30H27Cl2FN2O5. The van der Waals surface area contributed by atoms with Gasteiger partial charge in [-0.05, 0) is 69.9 Å². The van der Waals surface area contributed by atoms with Crippen LogP contribution in [0.4, 0.5) is 10.1 Å². The first-order chi connectivity index (χ1) is 18.7. The molecule has 2 saturated heterocycles. The van der Waals surface area contributed by atoms with Gasteiger partial charge in [0.25, 0.3) is 11.8 Å². The molecule has 2 heterocycles. The number of amides is 4. The van der Waals surface area contributed by atoms with Crippen LogP contribution in [-0.4, -0.2) is 48.9 Å². The zero-order valence-electron chi connectivity index (χ0n) is 22.0. The number of anilines is 1. The van der Waals surface area contributed by atoms with Crippen molar-refractivity contribution in [3.8, 4) is 5.75 Å². The number of alkyl halides is 2. The monoisotopic (exact) mass is 584 g/mol. The molecule has 4 aliphatic rings. The Morgan fingerprint density at radius 3 is 2.20 bits per heavy atom. The Morgan fingerprint density at radius 1 is 0.925 bits per heavy atom. The molecule has 0 spiro atoms. The fourth-order valence-electron chi connectivity index (χ4n) is 7.14. The molecule has 208 valence electrons. The number of halogens is 3. The molecule has 2 aromatic carbocycles. The second kappa shape index (κ2) is 8.63. The highest BCUT2D eigenvalue weighted by molar-refractivity contribution is 6.58. The molecular weight excluding hydrogens is 558 g/mol. The van der Waals surface area contributed by atoms with E-state index in [4.69, 9.17) is 23.2 Å². The van der Waals surface area contributed by atoms with Crippen molar-refractivity contribution < 1.29 is 28.7 Å². The van der Waals surface area contributed by atoms with Crippen LogP contribution in [-0.2, 0) is 19.2 Å². The van der Waals surface area contributed by atoms with Gasteiger partial charge in [-0.15, -0.1) is 23.2 Å². The van der Waals surface area contributed by atoms with Gasteiger partial charge >= 0.3 is 0 Å². The lowest BCUT2D eigenvalue weighted by Gasteiger charge is -2.50. The van der Waals surface area contributed by atoms with Crippen molar-refractivity contribution in [3.05, 3.63) is 71.6 Å². The molecule has 3 fully saturated rings. The maximum atomic E-state index is 14.2. The summed E-state index contributed by atoms with van der Waals surface area (Å²) in [5.41, 5.74) is 0.212. The van der Waals surface area contributed by atoms with Crippen LogP contribution in [0.15, 0.2) is 60.2 Å². The predicted octanol–water partition coefficient (Wildman–Crippen LogP) is 4.89. The molecule has 10 heteroatoms. The molecule has 0 aromatic heterocycles. The number of imide groups is 2. The van der Waals surface area contributed by atoms with E-state index in [0.29, 0.717) is 5.57 Å². The zero-order chi connectivity index (χ0) is 28.9. The minimum Gasteiger partial charge on any atom is -0.508 e. The Labute approximate surface area is 240 Å². The third-order valence-electron chi connectivity index (χ3n) is 8.81. The molecule has 2 aliphatic heterocycles. The largest absolute Gasteiger partial charge is 0.508 e. The van der Waals surface area contributed by atoms with E-state index in [2.05, 4.69) is 0 Å². The number of allylic oxidation sites excluding steroid dienone is 2. The summed E-state index contributed by atoms with van der Waals surface area (Å²) < 4.78 is 13.7. The summed E-state index contributed by atoms with van der Waals surface area (Å²) in [4.78, 5) is 53.7. The number of benzene rings is 2. The molecule has 7 nitrogen and oxygen atoms in total. The summed E-state index contributed by atoms with van der Waals surface area (Å²) in [6.07, 6.45) is 1.89. The number of phenols is 1. The van der Waals surface area contributed by atoms with Crippen molar-refractivity contribution in [2.75, 3.05) is 4.90 Å². The van der Waals surface area contributed by atoms with Gasteiger partial charge < -0.3 is 5.11 Å². The summed E-state index contributed by atoms with van der Waals surface area (Å²) in [5.74, 6) is -6.18. The third-order valence-corrected chi connectivity index (χ3v) is 10.2. The molecule has 0 unspecified atom stereocenters. The van der Waals surface area contributed by atoms with Crippen molar-refractivity contribution in [1.82, 2.24) is 4.90 Å². The zero-order valence-corrected chi connectivity index (χ0v) is 23.5. The van der Waals surface area contributed by atoms with Crippen molar-refractivity contribution in [2.24, 2.45) is 17.8 Å². The molecule has 0 radical (unpaired) electrons.